The van der Waals surface area contributed by atoms with E-state index in [1.807, 2.05) is 6.07 Å². The summed E-state index contributed by atoms with van der Waals surface area (Å²) >= 11 is 1.45. The van der Waals surface area contributed by atoms with Gasteiger partial charge in [-0.3, -0.25) is 0 Å². The number of nitriles is 1. The zero-order chi connectivity index (χ0) is 14.4. The number of hydrogen-bond donors (Lipinski definition) is 1. The van der Waals surface area contributed by atoms with Crippen LogP contribution in [0.25, 0.3) is 0 Å². The van der Waals surface area contributed by atoms with Crippen LogP contribution in [0, 0.1) is 11.3 Å². The Morgan fingerprint density at radius 1 is 1.15 bits per heavy atom. The van der Waals surface area contributed by atoms with Gasteiger partial charge < -0.3 is 10.1 Å². The standard InChI is InChI=1S/C14H12F2N2OS/c15-14(16)19-11-3-1-10(2-4-11)8-18-9-13-6-5-12(7-17)20-13/h1-6,14,18H,8-9H2. The van der Waals surface area contributed by atoms with E-state index in [4.69, 9.17) is 5.26 Å². The lowest BCUT2D eigenvalue weighted by Crippen LogP contribution is -2.11. The first kappa shape index (κ1) is 14.4. The summed E-state index contributed by atoms with van der Waals surface area (Å²) in [6.07, 6.45) is 0. The van der Waals surface area contributed by atoms with Crippen molar-refractivity contribution in [3.05, 3.63) is 51.7 Å². The SMILES string of the molecule is N#Cc1ccc(CNCc2ccc(OC(F)F)cc2)s1. The summed E-state index contributed by atoms with van der Waals surface area (Å²) in [6, 6.07) is 12.3. The summed E-state index contributed by atoms with van der Waals surface area (Å²) in [5, 5.41) is 11.9. The fraction of sp³-hybridized carbons (Fsp3) is 0.214. The van der Waals surface area contributed by atoms with Crippen molar-refractivity contribution in [3.8, 4) is 11.8 Å². The number of nitrogens with one attached hydrogen (secondary N) is 1. The largest absolute Gasteiger partial charge is 0.435 e. The summed E-state index contributed by atoms with van der Waals surface area (Å²) in [4.78, 5) is 1.77. The van der Waals surface area contributed by atoms with Crippen LogP contribution >= 0.6 is 11.3 Å². The molecular formula is C14H12F2N2OS. The number of rotatable bonds is 6. The average molecular weight is 294 g/mol. The molecule has 0 atom stereocenters. The Labute approximate surface area is 119 Å². The molecule has 2 aromatic rings. The van der Waals surface area contributed by atoms with E-state index in [-0.39, 0.29) is 5.75 Å². The zero-order valence-corrected chi connectivity index (χ0v) is 11.3. The van der Waals surface area contributed by atoms with E-state index >= 15 is 0 Å². The predicted molar refractivity (Wildman–Crippen MR) is 72.7 cm³/mol. The number of ether oxygens (including phenoxy) is 1. The van der Waals surface area contributed by atoms with Gasteiger partial charge in [0.05, 0.1) is 0 Å². The molecule has 1 aromatic carbocycles. The Morgan fingerprint density at radius 2 is 1.90 bits per heavy atom. The van der Waals surface area contributed by atoms with Gasteiger partial charge in [-0.25, -0.2) is 0 Å². The van der Waals surface area contributed by atoms with Gasteiger partial charge in [0.25, 0.3) is 0 Å². The lowest BCUT2D eigenvalue weighted by molar-refractivity contribution is -0.0498. The minimum atomic E-state index is -2.80. The third kappa shape index (κ3) is 4.30. The van der Waals surface area contributed by atoms with Crippen LogP contribution in [0.3, 0.4) is 0 Å². The Kier molecular flexibility index (Phi) is 5.04. The quantitative estimate of drug-likeness (QED) is 0.886. The lowest BCUT2D eigenvalue weighted by atomic mass is 10.2. The van der Waals surface area contributed by atoms with E-state index in [1.165, 1.54) is 23.5 Å². The summed E-state index contributed by atoms with van der Waals surface area (Å²) in [7, 11) is 0. The second kappa shape index (κ2) is 6.98. The van der Waals surface area contributed by atoms with E-state index in [1.54, 1.807) is 18.2 Å². The van der Waals surface area contributed by atoms with Crippen molar-refractivity contribution >= 4 is 11.3 Å². The van der Waals surface area contributed by atoms with Gasteiger partial charge in [0.15, 0.2) is 0 Å². The van der Waals surface area contributed by atoms with Crippen LogP contribution in [-0.2, 0) is 13.1 Å². The summed E-state index contributed by atoms with van der Waals surface area (Å²) in [6.45, 7) is -1.51. The van der Waals surface area contributed by atoms with Crippen LogP contribution in [-0.4, -0.2) is 6.61 Å². The molecule has 1 aromatic heterocycles. The fourth-order valence-electron chi connectivity index (χ4n) is 1.65. The van der Waals surface area contributed by atoms with Crippen LogP contribution in [0.1, 0.15) is 15.3 Å². The minimum absolute atomic E-state index is 0.153. The number of hydrogen-bond acceptors (Lipinski definition) is 4. The summed E-state index contributed by atoms with van der Waals surface area (Å²) in [5.41, 5.74) is 0.976. The summed E-state index contributed by atoms with van der Waals surface area (Å²) < 4.78 is 28.2. The van der Waals surface area contributed by atoms with Gasteiger partial charge in [-0.15, -0.1) is 11.3 Å². The first-order valence-corrected chi connectivity index (χ1v) is 6.72. The normalized spacial score (nSPS) is 10.5. The van der Waals surface area contributed by atoms with Gasteiger partial charge in [0, 0.05) is 18.0 Å². The van der Waals surface area contributed by atoms with Crippen molar-refractivity contribution in [2.24, 2.45) is 0 Å². The molecule has 0 aliphatic rings. The molecular weight excluding hydrogens is 282 g/mol. The van der Waals surface area contributed by atoms with Gasteiger partial charge >= 0.3 is 6.61 Å². The molecule has 0 saturated heterocycles. The Balaban J connectivity index is 1.80. The van der Waals surface area contributed by atoms with Crippen molar-refractivity contribution in [1.29, 1.82) is 5.26 Å². The fourth-order valence-corrected chi connectivity index (χ4v) is 2.43. The highest BCUT2D eigenvalue weighted by atomic mass is 32.1. The minimum Gasteiger partial charge on any atom is -0.435 e. The molecule has 6 heteroatoms. The maximum atomic E-state index is 12.0. The molecule has 0 aliphatic carbocycles. The highest BCUT2D eigenvalue weighted by molar-refractivity contribution is 7.12. The van der Waals surface area contributed by atoms with Crippen LogP contribution in [0.5, 0.6) is 5.75 Å². The molecule has 104 valence electrons. The molecule has 1 N–H and O–H groups in total. The highest BCUT2D eigenvalue weighted by Gasteiger charge is 2.04. The molecule has 0 unspecified atom stereocenters. The van der Waals surface area contributed by atoms with E-state index < -0.39 is 6.61 Å². The molecule has 1 heterocycles. The van der Waals surface area contributed by atoms with Crippen molar-refractivity contribution in [1.82, 2.24) is 5.32 Å². The van der Waals surface area contributed by atoms with Gasteiger partial charge in [0.1, 0.15) is 16.7 Å². The van der Waals surface area contributed by atoms with E-state index in [0.29, 0.717) is 18.0 Å². The number of alkyl halides is 2. The molecule has 0 bridgehead atoms. The van der Waals surface area contributed by atoms with Crippen LogP contribution in [0.4, 0.5) is 8.78 Å². The third-order valence-electron chi connectivity index (χ3n) is 2.55. The second-order valence-corrected chi connectivity index (χ2v) is 5.17. The topological polar surface area (TPSA) is 45.0 Å². The Hall–Kier alpha value is -1.97. The molecule has 20 heavy (non-hydrogen) atoms. The molecule has 0 aliphatic heterocycles. The molecule has 2 rings (SSSR count). The van der Waals surface area contributed by atoms with Crippen molar-refractivity contribution in [3.63, 3.8) is 0 Å². The smallest absolute Gasteiger partial charge is 0.387 e. The molecule has 0 fully saturated rings. The first-order chi connectivity index (χ1) is 9.67. The van der Waals surface area contributed by atoms with Crippen molar-refractivity contribution in [2.45, 2.75) is 19.7 Å². The van der Waals surface area contributed by atoms with E-state index in [2.05, 4.69) is 16.1 Å². The maximum Gasteiger partial charge on any atom is 0.387 e. The van der Waals surface area contributed by atoms with Gasteiger partial charge in [-0.05, 0) is 29.8 Å². The maximum absolute atomic E-state index is 12.0. The predicted octanol–water partition coefficient (Wildman–Crippen LogP) is 3.51. The number of benzene rings is 1. The van der Waals surface area contributed by atoms with Crippen LogP contribution in [0.2, 0.25) is 0 Å². The highest BCUT2D eigenvalue weighted by Crippen LogP contribution is 2.16. The number of halogens is 2. The third-order valence-corrected chi connectivity index (χ3v) is 3.54. The lowest BCUT2D eigenvalue weighted by Gasteiger charge is -2.06. The zero-order valence-electron chi connectivity index (χ0n) is 10.5. The van der Waals surface area contributed by atoms with Crippen LogP contribution < -0.4 is 10.1 Å². The van der Waals surface area contributed by atoms with Crippen molar-refractivity contribution in [2.75, 3.05) is 0 Å². The van der Waals surface area contributed by atoms with Gasteiger partial charge in [-0.1, -0.05) is 12.1 Å². The van der Waals surface area contributed by atoms with E-state index in [9.17, 15) is 8.78 Å². The Morgan fingerprint density at radius 3 is 2.50 bits per heavy atom. The Bertz CT molecular complexity index is 590. The molecule has 0 radical (unpaired) electrons. The molecule has 0 saturated carbocycles. The second-order valence-electron chi connectivity index (χ2n) is 4.00. The summed E-state index contributed by atoms with van der Waals surface area (Å²) in [5.74, 6) is 0.153. The van der Waals surface area contributed by atoms with Crippen molar-refractivity contribution < 1.29 is 13.5 Å². The molecule has 0 amide bonds. The first-order valence-electron chi connectivity index (χ1n) is 5.90. The van der Waals surface area contributed by atoms with Crippen LogP contribution in [0.15, 0.2) is 36.4 Å². The number of nitrogens with zero attached hydrogens (tertiary/aromatic N) is 1. The number of thiophene rings is 1. The molecule has 3 nitrogen and oxygen atoms in total. The van der Waals surface area contributed by atoms with Gasteiger partial charge in [-0.2, -0.15) is 14.0 Å². The molecule has 0 spiro atoms. The monoisotopic (exact) mass is 294 g/mol. The average Bonchev–Trinajstić information content (AvgIpc) is 2.88. The van der Waals surface area contributed by atoms with E-state index in [0.717, 1.165) is 10.4 Å². The van der Waals surface area contributed by atoms with Gasteiger partial charge in [0.2, 0.25) is 0 Å².